The fraction of sp³-hybridized carbons (Fsp3) is 0.429. The number of rotatable bonds is 6. The molecule has 0 radical (unpaired) electrons. The van der Waals surface area contributed by atoms with E-state index in [2.05, 4.69) is 18.8 Å². The second-order valence-corrected chi connectivity index (χ2v) is 7.93. The molecule has 2 heterocycles. The predicted octanol–water partition coefficient (Wildman–Crippen LogP) is 1.97. The highest BCUT2D eigenvalue weighted by Crippen LogP contribution is 2.25. The molecule has 0 aliphatic rings. The van der Waals surface area contributed by atoms with E-state index in [0.29, 0.717) is 29.3 Å². The van der Waals surface area contributed by atoms with Crippen LogP contribution in [0.15, 0.2) is 33.9 Å². The van der Waals surface area contributed by atoms with E-state index in [0.717, 1.165) is 11.0 Å². The summed E-state index contributed by atoms with van der Waals surface area (Å²) in [5.41, 5.74) is 0.290. The maximum atomic E-state index is 12.8. The number of ether oxygens (including phenoxy) is 1. The first-order chi connectivity index (χ1) is 14.1. The van der Waals surface area contributed by atoms with Crippen LogP contribution in [-0.2, 0) is 20.6 Å². The molecule has 0 aliphatic heterocycles. The summed E-state index contributed by atoms with van der Waals surface area (Å²) in [6.07, 6.45) is 0.810. The lowest BCUT2D eigenvalue weighted by Crippen LogP contribution is -2.37. The molecule has 0 fully saturated rings. The highest BCUT2D eigenvalue weighted by molar-refractivity contribution is 5.93. The van der Waals surface area contributed by atoms with Crippen molar-refractivity contribution in [2.24, 2.45) is 20.0 Å². The van der Waals surface area contributed by atoms with Gasteiger partial charge in [-0.15, -0.1) is 0 Å². The van der Waals surface area contributed by atoms with Gasteiger partial charge in [0.2, 0.25) is 0 Å². The fourth-order valence-electron chi connectivity index (χ4n) is 3.13. The van der Waals surface area contributed by atoms with Gasteiger partial charge >= 0.3 is 11.7 Å². The Labute approximate surface area is 174 Å². The maximum Gasteiger partial charge on any atom is 0.332 e. The lowest BCUT2D eigenvalue weighted by molar-refractivity contribution is 0.0827. The number of fused-ring (bicyclic) bond motifs is 1. The van der Waals surface area contributed by atoms with Gasteiger partial charge in [0.15, 0.2) is 11.2 Å². The quantitative estimate of drug-likeness (QED) is 0.616. The third-order valence-corrected chi connectivity index (χ3v) is 4.96. The number of benzene rings is 1. The van der Waals surface area contributed by atoms with Crippen LogP contribution in [0.5, 0.6) is 11.8 Å². The van der Waals surface area contributed by atoms with E-state index in [4.69, 9.17) is 4.74 Å². The minimum atomic E-state index is -0.445. The van der Waals surface area contributed by atoms with Gasteiger partial charge < -0.3 is 9.64 Å². The summed E-state index contributed by atoms with van der Waals surface area (Å²) in [6, 6.07) is 6.94. The largest absolute Gasteiger partial charge is 0.425 e. The maximum absolute atomic E-state index is 12.8. The molecular formula is C21H27N5O4. The van der Waals surface area contributed by atoms with Crippen molar-refractivity contribution in [1.82, 2.24) is 23.6 Å². The summed E-state index contributed by atoms with van der Waals surface area (Å²) >= 11 is 0. The molecule has 160 valence electrons. The van der Waals surface area contributed by atoms with Crippen LogP contribution in [0.1, 0.15) is 30.6 Å². The Morgan fingerprint density at radius 1 is 1.10 bits per heavy atom. The summed E-state index contributed by atoms with van der Waals surface area (Å²) < 4.78 is 10.1. The van der Waals surface area contributed by atoms with Crippen LogP contribution < -0.4 is 16.0 Å². The van der Waals surface area contributed by atoms with Crippen LogP contribution in [0.3, 0.4) is 0 Å². The Bertz CT molecular complexity index is 1200. The van der Waals surface area contributed by atoms with Crippen LogP contribution in [0.4, 0.5) is 0 Å². The summed E-state index contributed by atoms with van der Waals surface area (Å²) in [4.78, 5) is 43.1. The van der Waals surface area contributed by atoms with Gasteiger partial charge in [0, 0.05) is 40.3 Å². The van der Waals surface area contributed by atoms with Crippen molar-refractivity contribution in [2.75, 3.05) is 14.1 Å². The Morgan fingerprint density at radius 3 is 2.30 bits per heavy atom. The average Bonchev–Trinajstić information content (AvgIpc) is 3.07. The van der Waals surface area contributed by atoms with Crippen molar-refractivity contribution in [3.63, 3.8) is 0 Å². The fourth-order valence-corrected chi connectivity index (χ4v) is 3.13. The SMILES string of the molecule is CC(C)CCn1c(Oc2ccc(C(=O)N(C)C)cc2)nc2c1c(=O)n(C)c(=O)n2C. The molecule has 0 atom stereocenters. The van der Waals surface area contributed by atoms with Crippen molar-refractivity contribution < 1.29 is 9.53 Å². The summed E-state index contributed by atoms with van der Waals surface area (Å²) in [7, 11) is 6.41. The van der Waals surface area contributed by atoms with E-state index < -0.39 is 11.2 Å². The van der Waals surface area contributed by atoms with Crippen LogP contribution in [0.25, 0.3) is 11.2 Å². The summed E-state index contributed by atoms with van der Waals surface area (Å²) in [5, 5.41) is 0. The molecule has 0 N–H and O–H groups in total. The molecule has 30 heavy (non-hydrogen) atoms. The first-order valence-corrected chi connectivity index (χ1v) is 9.77. The second kappa shape index (κ2) is 8.17. The lowest BCUT2D eigenvalue weighted by Gasteiger charge is -2.12. The van der Waals surface area contributed by atoms with Crippen molar-refractivity contribution in [2.45, 2.75) is 26.8 Å². The number of carbonyl (C=O) groups is 1. The zero-order valence-corrected chi connectivity index (χ0v) is 18.2. The van der Waals surface area contributed by atoms with E-state index in [1.165, 1.54) is 16.5 Å². The number of nitrogens with zero attached hydrogens (tertiary/aromatic N) is 5. The Balaban J connectivity index is 2.08. The first-order valence-electron chi connectivity index (χ1n) is 9.77. The number of aromatic nitrogens is 4. The molecule has 0 unspecified atom stereocenters. The van der Waals surface area contributed by atoms with Crippen molar-refractivity contribution in [1.29, 1.82) is 0 Å². The second-order valence-electron chi connectivity index (χ2n) is 7.93. The van der Waals surface area contributed by atoms with E-state index in [1.54, 1.807) is 50.0 Å². The third-order valence-electron chi connectivity index (χ3n) is 4.96. The summed E-state index contributed by atoms with van der Waals surface area (Å²) in [5.74, 6) is 0.778. The monoisotopic (exact) mass is 413 g/mol. The van der Waals surface area contributed by atoms with Crippen LogP contribution in [0, 0.1) is 5.92 Å². The van der Waals surface area contributed by atoms with Gasteiger partial charge in [-0.05, 0) is 36.6 Å². The van der Waals surface area contributed by atoms with Crippen LogP contribution in [-0.4, -0.2) is 43.6 Å². The molecule has 0 saturated carbocycles. The van der Waals surface area contributed by atoms with E-state index in [-0.39, 0.29) is 17.6 Å². The van der Waals surface area contributed by atoms with Gasteiger partial charge in [-0.3, -0.25) is 23.3 Å². The molecule has 9 nitrogen and oxygen atoms in total. The molecule has 1 aromatic carbocycles. The van der Waals surface area contributed by atoms with Crippen molar-refractivity contribution in [3.8, 4) is 11.8 Å². The zero-order chi connectivity index (χ0) is 22.2. The Morgan fingerprint density at radius 2 is 1.73 bits per heavy atom. The molecule has 3 rings (SSSR count). The molecule has 0 saturated heterocycles. The van der Waals surface area contributed by atoms with Gasteiger partial charge in [-0.2, -0.15) is 4.98 Å². The standard InChI is InChI=1S/C21H27N5O4/c1-13(2)11-12-26-16-17(24(5)21(29)25(6)19(16)28)22-20(26)30-15-9-7-14(8-10-15)18(27)23(3)4/h7-10,13H,11-12H2,1-6H3. The van der Waals surface area contributed by atoms with E-state index in [9.17, 15) is 14.4 Å². The lowest BCUT2D eigenvalue weighted by atomic mass is 10.1. The van der Waals surface area contributed by atoms with Gasteiger partial charge in [0.1, 0.15) is 5.75 Å². The highest BCUT2D eigenvalue weighted by atomic mass is 16.5. The Kier molecular flexibility index (Phi) is 5.82. The highest BCUT2D eigenvalue weighted by Gasteiger charge is 2.21. The number of hydrogen-bond donors (Lipinski definition) is 0. The smallest absolute Gasteiger partial charge is 0.332 e. The molecule has 9 heteroatoms. The number of carbonyl (C=O) groups excluding carboxylic acids is 1. The number of hydrogen-bond acceptors (Lipinski definition) is 5. The predicted molar refractivity (Wildman–Crippen MR) is 114 cm³/mol. The van der Waals surface area contributed by atoms with Gasteiger partial charge in [0.25, 0.3) is 11.5 Å². The topological polar surface area (TPSA) is 91.4 Å². The van der Waals surface area contributed by atoms with Gasteiger partial charge in [-0.25, -0.2) is 4.79 Å². The van der Waals surface area contributed by atoms with Crippen molar-refractivity contribution >= 4 is 17.1 Å². The minimum absolute atomic E-state index is 0.107. The van der Waals surface area contributed by atoms with Crippen LogP contribution >= 0.6 is 0 Å². The minimum Gasteiger partial charge on any atom is -0.425 e. The van der Waals surface area contributed by atoms with Crippen molar-refractivity contribution in [3.05, 3.63) is 50.7 Å². The third kappa shape index (κ3) is 3.87. The molecule has 0 aliphatic carbocycles. The molecular weight excluding hydrogens is 386 g/mol. The molecule has 0 spiro atoms. The summed E-state index contributed by atoms with van der Waals surface area (Å²) in [6.45, 7) is 4.70. The first kappa shape index (κ1) is 21.4. The zero-order valence-electron chi connectivity index (χ0n) is 18.2. The molecule has 3 aromatic rings. The van der Waals surface area contributed by atoms with Gasteiger partial charge in [-0.1, -0.05) is 13.8 Å². The van der Waals surface area contributed by atoms with Crippen LogP contribution in [0.2, 0.25) is 0 Å². The molecule has 1 amide bonds. The van der Waals surface area contributed by atoms with E-state index >= 15 is 0 Å². The number of imidazole rings is 1. The Hall–Kier alpha value is -3.36. The average molecular weight is 413 g/mol. The molecule has 2 aromatic heterocycles. The number of aryl methyl sites for hydroxylation is 2. The number of amides is 1. The normalized spacial score (nSPS) is 11.3. The molecule has 0 bridgehead atoms. The van der Waals surface area contributed by atoms with E-state index in [1.807, 2.05) is 0 Å². The van der Waals surface area contributed by atoms with Gasteiger partial charge in [0.05, 0.1) is 0 Å².